The lowest BCUT2D eigenvalue weighted by Gasteiger charge is -1.77. The third kappa shape index (κ3) is 0.788. The van der Waals surface area contributed by atoms with E-state index in [1.54, 1.807) is 0 Å². The van der Waals surface area contributed by atoms with E-state index in [4.69, 9.17) is 5.11 Å². The van der Waals surface area contributed by atoms with Crippen molar-refractivity contribution < 1.29 is 9.52 Å². The van der Waals surface area contributed by atoms with Gasteiger partial charge in [0, 0.05) is 6.20 Å². The molecule has 0 aliphatic carbocycles. The molecule has 0 aromatic carbocycles. The van der Waals surface area contributed by atoms with Crippen molar-refractivity contribution in [3.05, 3.63) is 22.5 Å². The zero-order chi connectivity index (χ0) is 5.98. The Morgan fingerprint density at radius 3 is 2.88 bits per heavy atom. The Labute approximate surface area is 44.8 Å². The van der Waals surface area contributed by atoms with Gasteiger partial charge in [0.1, 0.15) is 6.61 Å². The van der Waals surface area contributed by atoms with Crippen LogP contribution in [0.2, 0.25) is 0 Å². The third-order valence-corrected chi connectivity index (χ3v) is 0.731. The van der Waals surface area contributed by atoms with Gasteiger partial charge in [-0.2, -0.15) is 0 Å². The highest BCUT2D eigenvalue weighted by atomic mass is 16.4. The number of hydrogen-bond donors (Lipinski definition) is 2. The van der Waals surface area contributed by atoms with Gasteiger partial charge in [-0.25, -0.2) is 4.79 Å². The van der Waals surface area contributed by atoms with Crippen molar-refractivity contribution in [1.29, 1.82) is 0 Å². The van der Waals surface area contributed by atoms with Crippen LogP contribution in [0.4, 0.5) is 0 Å². The number of nitrogens with one attached hydrogen (secondary N) is 1. The fourth-order valence-corrected chi connectivity index (χ4v) is 0.395. The second-order valence-electron chi connectivity index (χ2n) is 1.30. The molecule has 1 heterocycles. The molecule has 0 spiro atoms. The Bertz CT molecular complexity index is 211. The largest absolute Gasteiger partial charge is 0.416 e. The molecule has 4 nitrogen and oxygen atoms in total. The minimum Gasteiger partial charge on any atom is -0.411 e. The lowest BCUT2D eigenvalue weighted by Crippen LogP contribution is -1.92. The normalized spacial score (nSPS) is 9.62. The summed E-state index contributed by atoms with van der Waals surface area (Å²) in [5.41, 5.74) is 0. The fourth-order valence-electron chi connectivity index (χ4n) is 0.395. The first kappa shape index (κ1) is 5.11. The molecule has 0 radical (unpaired) electrons. The Balaban J connectivity index is 3.01. The van der Waals surface area contributed by atoms with Crippen LogP contribution in [0.15, 0.2) is 15.4 Å². The summed E-state index contributed by atoms with van der Waals surface area (Å²) in [4.78, 5) is 12.4. The van der Waals surface area contributed by atoms with Crippen molar-refractivity contribution in [2.24, 2.45) is 0 Å². The van der Waals surface area contributed by atoms with E-state index < -0.39 is 5.76 Å². The molecule has 1 rings (SSSR count). The van der Waals surface area contributed by atoms with Crippen LogP contribution >= 0.6 is 0 Å². The smallest absolute Gasteiger partial charge is 0.411 e. The summed E-state index contributed by atoms with van der Waals surface area (Å²) in [6.07, 6.45) is 1.32. The maximum absolute atomic E-state index is 10.1. The van der Waals surface area contributed by atoms with Gasteiger partial charge in [-0.15, -0.1) is 0 Å². The van der Waals surface area contributed by atoms with E-state index in [1.807, 2.05) is 0 Å². The molecule has 0 aliphatic rings. The lowest BCUT2D eigenvalue weighted by atomic mass is 10.6. The second-order valence-corrected chi connectivity index (χ2v) is 1.30. The molecule has 0 fully saturated rings. The van der Waals surface area contributed by atoms with Crippen LogP contribution in [0.5, 0.6) is 0 Å². The molecule has 0 saturated carbocycles. The van der Waals surface area contributed by atoms with Crippen molar-refractivity contribution >= 4 is 0 Å². The Hall–Kier alpha value is -1.03. The van der Waals surface area contributed by atoms with Crippen molar-refractivity contribution in [1.82, 2.24) is 4.98 Å². The van der Waals surface area contributed by atoms with Crippen LogP contribution in [-0.2, 0) is 6.61 Å². The molecule has 0 unspecified atom stereocenters. The highest BCUT2D eigenvalue weighted by Gasteiger charge is 1.92. The minimum atomic E-state index is -0.533. The zero-order valence-corrected chi connectivity index (χ0v) is 4.05. The van der Waals surface area contributed by atoms with Crippen LogP contribution in [0.1, 0.15) is 5.76 Å². The minimum absolute atomic E-state index is 0.237. The van der Waals surface area contributed by atoms with Gasteiger partial charge < -0.3 is 9.52 Å². The Morgan fingerprint density at radius 1 is 1.88 bits per heavy atom. The summed E-state index contributed by atoms with van der Waals surface area (Å²) >= 11 is 0. The molecule has 44 valence electrons. The van der Waals surface area contributed by atoms with Crippen LogP contribution < -0.4 is 5.76 Å². The second kappa shape index (κ2) is 1.83. The summed E-state index contributed by atoms with van der Waals surface area (Å²) < 4.78 is 4.37. The number of rotatable bonds is 1. The van der Waals surface area contributed by atoms with Crippen LogP contribution in [-0.4, -0.2) is 10.1 Å². The van der Waals surface area contributed by atoms with Gasteiger partial charge in [0.25, 0.3) is 0 Å². The van der Waals surface area contributed by atoms with Crippen molar-refractivity contribution in [2.45, 2.75) is 6.61 Å². The van der Waals surface area contributed by atoms with Gasteiger partial charge in [-0.3, -0.25) is 4.98 Å². The maximum atomic E-state index is 10.1. The Morgan fingerprint density at radius 2 is 2.62 bits per heavy atom. The van der Waals surface area contributed by atoms with Crippen molar-refractivity contribution in [2.75, 3.05) is 0 Å². The standard InChI is InChI=1S/C4H5NO3/c6-2-3-1-5-4(7)8-3/h1,6H,2H2,(H,5,7). The van der Waals surface area contributed by atoms with E-state index in [9.17, 15) is 4.79 Å². The van der Waals surface area contributed by atoms with E-state index in [0.29, 0.717) is 0 Å². The van der Waals surface area contributed by atoms with Crippen LogP contribution in [0.3, 0.4) is 0 Å². The summed E-state index contributed by atoms with van der Waals surface area (Å²) in [6.45, 7) is -0.237. The number of oxazole rings is 1. The molecule has 8 heavy (non-hydrogen) atoms. The van der Waals surface area contributed by atoms with E-state index in [0.717, 1.165) is 0 Å². The maximum Gasteiger partial charge on any atom is 0.416 e. The summed E-state index contributed by atoms with van der Waals surface area (Å²) in [5, 5.41) is 8.30. The van der Waals surface area contributed by atoms with Gasteiger partial charge in [0.15, 0.2) is 5.76 Å². The number of aliphatic hydroxyl groups is 1. The zero-order valence-electron chi connectivity index (χ0n) is 4.05. The predicted octanol–water partition coefficient (Wildman–Crippen LogP) is -0.540. The average Bonchev–Trinajstić information content (AvgIpc) is 2.14. The number of hydrogen-bond acceptors (Lipinski definition) is 3. The van der Waals surface area contributed by atoms with Gasteiger partial charge in [0.05, 0.1) is 0 Å². The molecule has 1 aromatic heterocycles. The average molecular weight is 115 g/mol. The molecule has 0 bridgehead atoms. The van der Waals surface area contributed by atoms with Crippen LogP contribution in [0, 0.1) is 0 Å². The molecule has 0 aliphatic heterocycles. The highest BCUT2D eigenvalue weighted by molar-refractivity contribution is 4.84. The quantitative estimate of drug-likeness (QED) is 0.516. The molecule has 1 aromatic rings. The fraction of sp³-hybridized carbons (Fsp3) is 0.250. The number of aliphatic hydroxyl groups excluding tert-OH is 1. The monoisotopic (exact) mass is 115 g/mol. The highest BCUT2D eigenvalue weighted by Crippen LogP contribution is 1.88. The molecule has 0 saturated heterocycles. The summed E-state index contributed by atoms with van der Waals surface area (Å²) in [5.74, 6) is -0.274. The molecular formula is C4H5NO3. The Kier molecular flexibility index (Phi) is 1.17. The van der Waals surface area contributed by atoms with Crippen molar-refractivity contribution in [3.8, 4) is 0 Å². The van der Waals surface area contributed by atoms with Gasteiger partial charge in [0.2, 0.25) is 0 Å². The number of aromatic nitrogens is 1. The summed E-state index contributed by atoms with van der Waals surface area (Å²) in [7, 11) is 0. The first-order valence-corrected chi connectivity index (χ1v) is 2.11. The third-order valence-electron chi connectivity index (χ3n) is 0.731. The molecule has 0 amide bonds. The van der Waals surface area contributed by atoms with E-state index in [2.05, 4.69) is 9.40 Å². The molecular weight excluding hydrogens is 110 g/mol. The molecule has 2 N–H and O–H groups in total. The van der Waals surface area contributed by atoms with Crippen LogP contribution in [0.25, 0.3) is 0 Å². The number of aromatic amines is 1. The molecule has 4 heteroatoms. The summed E-state index contributed by atoms with van der Waals surface area (Å²) in [6, 6.07) is 0. The van der Waals surface area contributed by atoms with Crippen molar-refractivity contribution in [3.63, 3.8) is 0 Å². The first-order chi connectivity index (χ1) is 3.83. The van der Waals surface area contributed by atoms with E-state index >= 15 is 0 Å². The van der Waals surface area contributed by atoms with Gasteiger partial charge in [-0.1, -0.05) is 0 Å². The van der Waals surface area contributed by atoms with Gasteiger partial charge >= 0.3 is 5.76 Å². The van der Waals surface area contributed by atoms with Gasteiger partial charge in [-0.05, 0) is 0 Å². The first-order valence-electron chi connectivity index (χ1n) is 2.11. The van der Waals surface area contributed by atoms with E-state index in [1.165, 1.54) is 6.20 Å². The van der Waals surface area contributed by atoms with E-state index in [-0.39, 0.29) is 12.4 Å². The topological polar surface area (TPSA) is 66.2 Å². The molecule has 0 atom stereocenters. The number of H-pyrrole nitrogens is 1. The lowest BCUT2D eigenvalue weighted by molar-refractivity contribution is 0.243. The SMILES string of the molecule is O=c1[nH]cc(CO)o1. The predicted molar refractivity (Wildman–Crippen MR) is 25.3 cm³/mol.